The van der Waals surface area contributed by atoms with E-state index < -0.39 is 28.5 Å². The van der Waals surface area contributed by atoms with E-state index in [1.165, 1.54) is 25.3 Å². The molecule has 0 saturated carbocycles. The number of ether oxygens (including phenoxy) is 1. The van der Waals surface area contributed by atoms with E-state index in [1.54, 1.807) is 0 Å². The fraction of sp³-hybridized carbons (Fsp3) is 0.231. The third-order valence-electron chi connectivity index (χ3n) is 2.49. The van der Waals surface area contributed by atoms with Gasteiger partial charge in [-0.1, -0.05) is 17.7 Å². The minimum Gasteiger partial charge on any atom is -0.452 e. The number of sulfonamides is 1. The summed E-state index contributed by atoms with van der Waals surface area (Å²) in [5.41, 5.74) is -0.0349. The molecule has 0 spiro atoms. The van der Waals surface area contributed by atoms with Crippen molar-refractivity contribution in [3.8, 4) is 0 Å². The van der Waals surface area contributed by atoms with Crippen molar-refractivity contribution in [2.45, 2.75) is 4.90 Å². The van der Waals surface area contributed by atoms with Gasteiger partial charge in [0.15, 0.2) is 6.61 Å². The van der Waals surface area contributed by atoms with Crippen molar-refractivity contribution in [1.29, 1.82) is 0 Å². The lowest BCUT2D eigenvalue weighted by molar-refractivity contribution is -0.123. The van der Waals surface area contributed by atoms with E-state index in [0.717, 1.165) is 6.07 Å². The van der Waals surface area contributed by atoms with Gasteiger partial charge in [-0.2, -0.15) is 0 Å². The van der Waals surface area contributed by atoms with Gasteiger partial charge in [0.2, 0.25) is 10.0 Å². The lowest BCUT2D eigenvalue weighted by Gasteiger charge is -2.09. The Morgan fingerprint density at radius 1 is 1.41 bits per heavy atom. The fourth-order valence-electron chi connectivity index (χ4n) is 1.37. The Morgan fingerprint density at radius 3 is 2.68 bits per heavy atom. The molecular weight excluding hydrogens is 332 g/mol. The Bertz CT molecular complexity index is 688. The minimum absolute atomic E-state index is 0.0179. The average molecular weight is 347 g/mol. The van der Waals surface area contributed by atoms with Crippen molar-refractivity contribution < 1.29 is 22.7 Å². The van der Waals surface area contributed by atoms with E-state index in [2.05, 4.69) is 16.6 Å². The second-order valence-corrected chi connectivity index (χ2v) is 6.18. The van der Waals surface area contributed by atoms with E-state index in [4.69, 9.17) is 16.3 Å². The number of amides is 1. The third kappa shape index (κ3) is 4.83. The zero-order valence-electron chi connectivity index (χ0n) is 11.8. The number of nitrogens with one attached hydrogen (secondary N) is 2. The molecule has 0 aliphatic heterocycles. The molecule has 120 valence electrons. The summed E-state index contributed by atoms with van der Waals surface area (Å²) in [6.07, 6.45) is 1.37. The van der Waals surface area contributed by atoms with Crippen LogP contribution in [0.4, 0.5) is 0 Å². The van der Waals surface area contributed by atoms with Crippen LogP contribution in [0.3, 0.4) is 0 Å². The number of hydrogen-bond donors (Lipinski definition) is 2. The van der Waals surface area contributed by atoms with Crippen LogP contribution in [0.15, 0.2) is 35.7 Å². The monoisotopic (exact) mass is 346 g/mol. The van der Waals surface area contributed by atoms with Crippen molar-refractivity contribution in [3.05, 3.63) is 41.4 Å². The van der Waals surface area contributed by atoms with Gasteiger partial charge in [-0.15, -0.1) is 6.58 Å². The van der Waals surface area contributed by atoms with Gasteiger partial charge < -0.3 is 10.1 Å². The lowest BCUT2D eigenvalue weighted by Crippen LogP contribution is -2.26. The first-order valence-corrected chi connectivity index (χ1v) is 7.95. The van der Waals surface area contributed by atoms with Crippen LogP contribution < -0.4 is 10.0 Å². The summed E-state index contributed by atoms with van der Waals surface area (Å²) in [5.74, 6) is -1.32. The zero-order valence-corrected chi connectivity index (χ0v) is 13.3. The van der Waals surface area contributed by atoms with Crippen molar-refractivity contribution >= 4 is 33.5 Å². The van der Waals surface area contributed by atoms with E-state index in [1.807, 2.05) is 0 Å². The van der Waals surface area contributed by atoms with Gasteiger partial charge in [0.25, 0.3) is 5.91 Å². The summed E-state index contributed by atoms with van der Waals surface area (Å²) in [7, 11) is -2.49. The fourth-order valence-corrected chi connectivity index (χ4v) is 2.89. The highest BCUT2D eigenvalue weighted by Crippen LogP contribution is 2.23. The van der Waals surface area contributed by atoms with E-state index in [9.17, 15) is 18.0 Å². The Labute approximate surface area is 133 Å². The van der Waals surface area contributed by atoms with E-state index >= 15 is 0 Å². The molecule has 0 saturated heterocycles. The van der Waals surface area contributed by atoms with E-state index in [-0.39, 0.29) is 22.0 Å². The Balaban J connectivity index is 3.01. The zero-order chi connectivity index (χ0) is 16.8. The van der Waals surface area contributed by atoms with Crippen molar-refractivity contribution in [3.63, 3.8) is 0 Å². The summed E-state index contributed by atoms with van der Waals surface area (Å²) in [4.78, 5) is 22.6. The molecular formula is C13H15ClN2O5S. The molecule has 0 radical (unpaired) electrons. The molecule has 1 aromatic carbocycles. The van der Waals surface area contributed by atoms with Gasteiger partial charge in [-0.05, 0) is 18.2 Å². The number of benzene rings is 1. The third-order valence-corrected chi connectivity index (χ3v) is 4.39. The highest BCUT2D eigenvalue weighted by atomic mass is 35.5. The second-order valence-electron chi connectivity index (χ2n) is 4.04. The smallest absolute Gasteiger partial charge is 0.338 e. The number of likely N-dealkylation sites (N-methyl/N-ethyl adjacent to an activating group) is 1. The first-order valence-electron chi connectivity index (χ1n) is 6.09. The largest absolute Gasteiger partial charge is 0.452 e. The van der Waals surface area contributed by atoms with Crippen LogP contribution >= 0.6 is 11.6 Å². The molecule has 7 nitrogen and oxygen atoms in total. The standard InChI is InChI=1S/C13H15ClN2O5S/c1-3-6-16-22(19,20)11-7-9(4-5-10(11)14)13(18)21-8-12(17)15-2/h3-5,7,16H,1,6,8H2,2H3,(H,15,17). The molecule has 0 bridgehead atoms. The molecule has 9 heteroatoms. The predicted octanol–water partition coefficient (Wildman–Crippen LogP) is 0.707. The van der Waals surface area contributed by atoms with Crippen molar-refractivity contribution in [2.75, 3.05) is 20.2 Å². The molecule has 0 aliphatic carbocycles. The number of halogens is 1. The molecule has 0 heterocycles. The van der Waals surface area contributed by atoms with Gasteiger partial charge in [0.05, 0.1) is 10.6 Å². The predicted molar refractivity (Wildman–Crippen MR) is 81.2 cm³/mol. The number of carbonyl (C=O) groups is 2. The van der Waals surface area contributed by atoms with E-state index in [0.29, 0.717) is 0 Å². The maximum atomic E-state index is 12.0. The van der Waals surface area contributed by atoms with Gasteiger partial charge in [-0.3, -0.25) is 4.79 Å². The van der Waals surface area contributed by atoms with Gasteiger partial charge in [-0.25, -0.2) is 17.9 Å². The molecule has 2 N–H and O–H groups in total. The molecule has 0 aromatic heterocycles. The topological polar surface area (TPSA) is 102 Å². The van der Waals surface area contributed by atoms with Crippen LogP contribution in [0.25, 0.3) is 0 Å². The summed E-state index contributed by atoms with van der Waals surface area (Å²) < 4.78 is 31.1. The summed E-state index contributed by atoms with van der Waals surface area (Å²) in [5, 5.41) is 2.24. The number of hydrogen-bond acceptors (Lipinski definition) is 5. The molecule has 0 fully saturated rings. The quantitative estimate of drug-likeness (QED) is 0.559. The highest BCUT2D eigenvalue weighted by Gasteiger charge is 2.20. The molecule has 1 aromatic rings. The normalized spacial score (nSPS) is 10.8. The molecule has 1 rings (SSSR count). The van der Waals surface area contributed by atoms with Crippen LogP contribution in [-0.4, -0.2) is 40.5 Å². The van der Waals surface area contributed by atoms with Crippen molar-refractivity contribution in [1.82, 2.24) is 10.0 Å². The number of carbonyl (C=O) groups excluding carboxylic acids is 2. The first kappa shape index (κ1) is 18.1. The van der Waals surface area contributed by atoms with Crippen LogP contribution in [0, 0.1) is 0 Å². The lowest BCUT2D eigenvalue weighted by atomic mass is 10.2. The van der Waals surface area contributed by atoms with Gasteiger partial charge >= 0.3 is 5.97 Å². The minimum atomic E-state index is -3.89. The number of rotatable bonds is 7. The summed E-state index contributed by atoms with van der Waals surface area (Å²) in [6.45, 7) is 2.96. The van der Waals surface area contributed by atoms with Crippen LogP contribution in [-0.2, 0) is 19.6 Å². The first-order chi connectivity index (χ1) is 10.3. The SMILES string of the molecule is C=CCNS(=O)(=O)c1cc(C(=O)OCC(=O)NC)ccc1Cl. The second kappa shape index (κ2) is 7.92. The Morgan fingerprint density at radius 2 is 2.09 bits per heavy atom. The maximum Gasteiger partial charge on any atom is 0.338 e. The Kier molecular flexibility index (Phi) is 6.54. The van der Waals surface area contributed by atoms with Gasteiger partial charge in [0, 0.05) is 13.6 Å². The molecule has 0 unspecified atom stereocenters. The summed E-state index contributed by atoms with van der Waals surface area (Å²) >= 11 is 5.85. The molecule has 22 heavy (non-hydrogen) atoms. The highest BCUT2D eigenvalue weighted by molar-refractivity contribution is 7.89. The van der Waals surface area contributed by atoms with Crippen LogP contribution in [0.1, 0.15) is 10.4 Å². The molecule has 0 aliphatic rings. The number of esters is 1. The Hall–Kier alpha value is -1.90. The van der Waals surface area contributed by atoms with Crippen molar-refractivity contribution in [2.24, 2.45) is 0 Å². The molecule has 1 amide bonds. The summed E-state index contributed by atoms with van der Waals surface area (Å²) in [6, 6.07) is 3.65. The van der Waals surface area contributed by atoms with Crippen LogP contribution in [0.2, 0.25) is 5.02 Å². The van der Waals surface area contributed by atoms with Gasteiger partial charge in [0.1, 0.15) is 4.90 Å². The average Bonchev–Trinajstić information content (AvgIpc) is 2.50. The maximum absolute atomic E-state index is 12.0. The van der Waals surface area contributed by atoms with Crippen LogP contribution in [0.5, 0.6) is 0 Å². The molecule has 0 atom stereocenters.